The van der Waals surface area contributed by atoms with Crippen molar-refractivity contribution in [1.29, 1.82) is 0 Å². The van der Waals surface area contributed by atoms with Crippen LogP contribution in [0, 0.1) is 0 Å². The molecule has 1 saturated heterocycles. The van der Waals surface area contributed by atoms with Gasteiger partial charge in [0, 0.05) is 24.2 Å². The lowest BCUT2D eigenvalue weighted by atomic mass is 10.2. The summed E-state index contributed by atoms with van der Waals surface area (Å²) in [5, 5.41) is 10.2. The van der Waals surface area contributed by atoms with Crippen LogP contribution in [0.5, 0.6) is 11.8 Å². The first-order chi connectivity index (χ1) is 11.3. The second kappa shape index (κ2) is 7.57. The quantitative estimate of drug-likeness (QED) is 0.786. The summed E-state index contributed by atoms with van der Waals surface area (Å²) < 4.78 is 10.8. The monoisotopic (exact) mass is 317 g/mol. The molecule has 1 aromatic carbocycles. The van der Waals surface area contributed by atoms with Crippen molar-refractivity contribution in [1.82, 2.24) is 14.9 Å². The van der Waals surface area contributed by atoms with E-state index >= 15 is 0 Å². The Balaban J connectivity index is 1.51. The lowest BCUT2D eigenvalue weighted by Gasteiger charge is -2.22. The van der Waals surface area contributed by atoms with Crippen molar-refractivity contribution in [2.45, 2.75) is 25.3 Å². The number of methoxy groups -OCH3 is 1. The largest absolute Gasteiger partial charge is 0.497 e. The fraction of sp³-hybridized carbons (Fsp3) is 0.529. The molecule has 1 aliphatic rings. The maximum atomic E-state index is 9.31. The number of benzene rings is 1. The smallest absolute Gasteiger partial charge is 0.316 e. The number of aromatic nitrogens is 2. The third-order valence-corrected chi connectivity index (χ3v) is 4.30. The number of rotatable bonds is 7. The Morgan fingerprint density at radius 3 is 3.13 bits per heavy atom. The molecule has 0 aliphatic carbocycles. The zero-order chi connectivity index (χ0) is 16.1. The van der Waals surface area contributed by atoms with Crippen molar-refractivity contribution in [3.8, 4) is 11.8 Å². The van der Waals surface area contributed by atoms with Crippen LogP contribution in [-0.2, 0) is 0 Å². The van der Waals surface area contributed by atoms with Crippen LogP contribution in [0.15, 0.2) is 24.4 Å². The molecule has 1 aromatic heterocycles. The zero-order valence-electron chi connectivity index (χ0n) is 13.4. The molecule has 3 rings (SSSR count). The third kappa shape index (κ3) is 3.89. The van der Waals surface area contributed by atoms with Crippen LogP contribution in [0.4, 0.5) is 0 Å². The van der Waals surface area contributed by atoms with Crippen LogP contribution >= 0.6 is 0 Å². The van der Waals surface area contributed by atoms with E-state index in [-0.39, 0.29) is 6.61 Å². The Labute approximate surface area is 136 Å². The summed E-state index contributed by atoms with van der Waals surface area (Å²) in [6, 6.07) is 6.41. The van der Waals surface area contributed by atoms with Gasteiger partial charge in [-0.3, -0.25) is 4.90 Å². The molecule has 1 fully saturated rings. The molecule has 124 valence electrons. The molecular formula is C17H23N3O3. The van der Waals surface area contributed by atoms with Gasteiger partial charge >= 0.3 is 6.01 Å². The summed E-state index contributed by atoms with van der Waals surface area (Å²) in [4.78, 5) is 11.0. The minimum Gasteiger partial charge on any atom is -0.497 e. The molecule has 1 atom stereocenters. The van der Waals surface area contributed by atoms with E-state index in [1.807, 2.05) is 18.2 Å². The van der Waals surface area contributed by atoms with Crippen LogP contribution in [0.25, 0.3) is 10.9 Å². The van der Waals surface area contributed by atoms with Gasteiger partial charge in [-0.1, -0.05) is 0 Å². The summed E-state index contributed by atoms with van der Waals surface area (Å²) in [7, 11) is 1.64. The average molecular weight is 317 g/mol. The van der Waals surface area contributed by atoms with Gasteiger partial charge in [-0.05, 0) is 44.0 Å². The maximum Gasteiger partial charge on any atom is 0.316 e. The fourth-order valence-corrected chi connectivity index (χ4v) is 3.02. The van der Waals surface area contributed by atoms with Gasteiger partial charge < -0.3 is 14.6 Å². The second-order valence-corrected chi connectivity index (χ2v) is 5.79. The van der Waals surface area contributed by atoms with Gasteiger partial charge in [-0.2, -0.15) is 4.98 Å². The van der Waals surface area contributed by atoms with Crippen LogP contribution in [0.2, 0.25) is 0 Å². The number of ether oxygens (including phenoxy) is 2. The Kier molecular flexibility index (Phi) is 5.25. The average Bonchev–Trinajstić information content (AvgIpc) is 3.05. The maximum absolute atomic E-state index is 9.31. The van der Waals surface area contributed by atoms with E-state index in [1.54, 1.807) is 13.3 Å². The number of nitrogens with zero attached hydrogens (tertiary/aromatic N) is 3. The summed E-state index contributed by atoms with van der Waals surface area (Å²) in [6.07, 6.45) is 4.92. The summed E-state index contributed by atoms with van der Waals surface area (Å²) >= 11 is 0. The zero-order valence-corrected chi connectivity index (χ0v) is 13.4. The van der Waals surface area contributed by atoms with Crippen molar-refractivity contribution >= 4 is 10.9 Å². The standard InChI is InChI=1S/C17H23N3O3/c1-22-15-5-6-16-13(10-15)11-18-17(19-16)23-9-3-8-20-7-2-4-14(20)12-21/h5-6,10-11,14,21H,2-4,7-9,12H2,1H3/t14-/m0/s1. The van der Waals surface area contributed by atoms with Crippen LogP contribution in [0.1, 0.15) is 19.3 Å². The number of hydrogen-bond acceptors (Lipinski definition) is 6. The van der Waals surface area contributed by atoms with E-state index in [0.717, 1.165) is 42.6 Å². The van der Waals surface area contributed by atoms with E-state index in [4.69, 9.17) is 9.47 Å². The Hall–Kier alpha value is -1.92. The van der Waals surface area contributed by atoms with Gasteiger partial charge in [0.2, 0.25) is 0 Å². The normalized spacial score (nSPS) is 18.4. The van der Waals surface area contributed by atoms with Gasteiger partial charge in [0.05, 0.1) is 25.8 Å². The predicted octanol–water partition coefficient (Wildman–Crippen LogP) is 1.86. The molecular weight excluding hydrogens is 294 g/mol. The van der Waals surface area contributed by atoms with Crippen LogP contribution in [-0.4, -0.2) is 59.4 Å². The van der Waals surface area contributed by atoms with Gasteiger partial charge in [-0.25, -0.2) is 4.98 Å². The minimum atomic E-state index is 0.248. The molecule has 2 aromatic rings. The van der Waals surface area contributed by atoms with Gasteiger partial charge in [-0.15, -0.1) is 0 Å². The number of aliphatic hydroxyl groups excluding tert-OH is 1. The summed E-state index contributed by atoms with van der Waals surface area (Å²) in [5.41, 5.74) is 0.843. The second-order valence-electron chi connectivity index (χ2n) is 5.79. The molecule has 0 saturated carbocycles. The highest BCUT2D eigenvalue weighted by molar-refractivity contribution is 5.79. The van der Waals surface area contributed by atoms with Gasteiger partial charge in [0.1, 0.15) is 5.75 Å². The third-order valence-electron chi connectivity index (χ3n) is 4.30. The molecule has 6 nitrogen and oxygen atoms in total. The molecule has 0 spiro atoms. The number of hydrogen-bond donors (Lipinski definition) is 1. The molecule has 2 heterocycles. The Morgan fingerprint density at radius 2 is 2.30 bits per heavy atom. The topological polar surface area (TPSA) is 67.7 Å². The molecule has 0 radical (unpaired) electrons. The van der Waals surface area contributed by atoms with Crippen molar-refractivity contribution in [2.24, 2.45) is 0 Å². The van der Waals surface area contributed by atoms with Crippen molar-refractivity contribution in [3.63, 3.8) is 0 Å². The molecule has 0 amide bonds. The van der Waals surface area contributed by atoms with Crippen molar-refractivity contribution in [2.75, 3.05) is 33.4 Å². The molecule has 1 aliphatic heterocycles. The highest BCUT2D eigenvalue weighted by Gasteiger charge is 2.22. The van der Waals surface area contributed by atoms with E-state index in [0.29, 0.717) is 18.7 Å². The first-order valence-electron chi connectivity index (χ1n) is 8.08. The van der Waals surface area contributed by atoms with E-state index in [2.05, 4.69) is 14.9 Å². The van der Waals surface area contributed by atoms with Crippen molar-refractivity contribution < 1.29 is 14.6 Å². The highest BCUT2D eigenvalue weighted by atomic mass is 16.5. The first-order valence-corrected chi connectivity index (χ1v) is 8.08. The molecule has 1 N–H and O–H groups in total. The number of fused-ring (bicyclic) bond motifs is 1. The Bertz CT molecular complexity index is 650. The molecule has 0 bridgehead atoms. The lowest BCUT2D eigenvalue weighted by Crippen LogP contribution is -2.33. The fourth-order valence-electron chi connectivity index (χ4n) is 3.02. The first kappa shape index (κ1) is 16.0. The SMILES string of the molecule is COc1ccc2nc(OCCCN3CCC[C@H]3CO)ncc2c1. The summed E-state index contributed by atoms with van der Waals surface area (Å²) in [6.45, 7) is 2.84. The molecule has 6 heteroatoms. The van der Waals surface area contributed by atoms with Gasteiger partial charge in [0.25, 0.3) is 0 Å². The number of aliphatic hydroxyl groups is 1. The van der Waals surface area contributed by atoms with Crippen LogP contribution in [0.3, 0.4) is 0 Å². The predicted molar refractivity (Wildman–Crippen MR) is 87.9 cm³/mol. The van der Waals surface area contributed by atoms with Crippen molar-refractivity contribution in [3.05, 3.63) is 24.4 Å². The molecule has 0 unspecified atom stereocenters. The minimum absolute atomic E-state index is 0.248. The lowest BCUT2D eigenvalue weighted by molar-refractivity contribution is 0.149. The van der Waals surface area contributed by atoms with Crippen LogP contribution < -0.4 is 9.47 Å². The van der Waals surface area contributed by atoms with E-state index in [1.165, 1.54) is 6.42 Å². The number of likely N-dealkylation sites (tertiary alicyclic amines) is 1. The van der Waals surface area contributed by atoms with E-state index < -0.39 is 0 Å². The summed E-state index contributed by atoms with van der Waals surface area (Å²) in [5.74, 6) is 0.791. The molecule has 23 heavy (non-hydrogen) atoms. The highest BCUT2D eigenvalue weighted by Crippen LogP contribution is 2.20. The van der Waals surface area contributed by atoms with Gasteiger partial charge in [0.15, 0.2) is 0 Å². The Morgan fingerprint density at radius 1 is 1.39 bits per heavy atom. The van der Waals surface area contributed by atoms with E-state index in [9.17, 15) is 5.11 Å².